The lowest BCUT2D eigenvalue weighted by molar-refractivity contribution is -1.08. The van der Waals surface area contributed by atoms with Crippen LogP contribution in [0.4, 0.5) is 0 Å². The number of rotatable bonds is 6. The molecule has 0 aromatic rings. The highest BCUT2D eigenvalue weighted by atomic mass is 32.3. The summed E-state index contributed by atoms with van der Waals surface area (Å²) in [7, 11) is -4.00. The lowest BCUT2D eigenvalue weighted by Gasteiger charge is -2.21. The van der Waals surface area contributed by atoms with E-state index in [4.69, 9.17) is 10.0 Å². The van der Waals surface area contributed by atoms with Crippen molar-refractivity contribution in [2.24, 2.45) is 11.7 Å². The fraction of sp³-hybridized carbons (Fsp3) is 0.889. The first-order valence-corrected chi connectivity index (χ1v) is 6.94. The predicted molar refractivity (Wildman–Crippen MR) is 58.8 cm³/mol. The van der Waals surface area contributed by atoms with Crippen LogP contribution in [0.25, 0.3) is 0 Å². The molecule has 1 fully saturated rings. The van der Waals surface area contributed by atoms with E-state index in [-0.39, 0.29) is 12.6 Å². The molecule has 1 rings (SSSR count). The summed E-state index contributed by atoms with van der Waals surface area (Å²) in [5, 5.41) is 0.379. The highest BCUT2D eigenvalue weighted by Gasteiger charge is 2.40. The van der Waals surface area contributed by atoms with Crippen LogP contribution < -0.4 is 10.8 Å². The van der Waals surface area contributed by atoms with Crippen molar-refractivity contribution in [3.05, 3.63) is 0 Å². The van der Waals surface area contributed by atoms with Crippen LogP contribution in [-0.4, -0.2) is 33.5 Å². The standard InChI is InChI=1S/C9H18N2O5S/c1-3-15-17(13,14)16-11-6-4-5-8(11)7(2)9(10)12/h7-8H,3-6H2,1-2H3,(H2,10,12)/p+1. The first-order chi connectivity index (χ1) is 7.87. The van der Waals surface area contributed by atoms with Crippen molar-refractivity contribution in [1.29, 1.82) is 0 Å². The number of nitrogens with two attached hydrogens (primary N) is 1. The van der Waals surface area contributed by atoms with Crippen LogP contribution in [-0.2, 0) is 23.7 Å². The van der Waals surface area contributed by atoms with Crippen LogP contribution in [0.2, 0.25) is 0 Å². The molecule has 3 atom stereocenters. The second-order valence-electron chi connectivity index (χ2n) is 4.05. The molecule has 1 amide bonds. The molecule has 0 radical (unpaired) electrons. The van der Waals surface area contributed by atoms with Crippen LogP contribution in [0, 0.1) is 5.92 Å². The van der Waals surface area contributed by atoms with Gasteiger partial charge in [0.15, 0.2) is 0 Å². The fourth-order valence-electron chi connectivity index (χ4n) is 1.97. The van der Waals surface area contributed by atoms with Gasteiger partial charge in [-0.1, -0.05) is 0 Å². The maximum Gasteiger partial charge on any atom is 0.444 e. The first-order valence-electron chi connectivity index (χ1n) is 5.61. The third-order valence-electron chi connectivity index (χ3n) is 2.88. The van der Waals surface area contributed by atoms with Gasteiger partial charge in [0, 0.05) is 12.8 Å². The summed E-state index contributed by atoms with van der Waals surface area (Å²) in [6.45, 7) is 3.78. The van der Waals surface area contributed by atoms with E-state index in [0.717, 1.165) is 6.42 Å². The molecule has 0 aromatic heterocycles. The highest BCUT2D eigenvalue weighted by molar-refractivity contribution is 7.81. The summed E-state index contributed by atoms with van der Waals surface area (Å²) in [5.41, 5.74) is 5.21. The van der Waals surface area contributed by atoms with Gasteiger partial charge >= 0.3 is 10.4 Å². The fourth-order valence-corrected chi connectivity index (χ4v) is 2.78. The van der Waals surface area contributed by atoms with Crippen molar-refractivity contribution in [3.63, 3.8) is 0 Å². The van der Waals surface area contributed by atoms with Crippen molar-refractivity contribution < 1.29 is 26.7 Å². The van der Waals surface area contributed by atoms with Gasteiger partial charge in [-0.15, -0.1) is 0 Å². The molecular weight excluding hydrogens is 248 g/mol. The normalized spacial score (nSPS) is 26.9. The lowest BCUT2D eigenvalue weighted by Crippen LogP contribution is -3.14. The second-order valence-corrected chi connectivity index (χ2v) is 5.27. The van der Waals surface area contributed by atoms with Crippen LogP contribution >= 0.6 is 0 Å². The monoisotopic (exact) mass is 267 g/mol. The lowest BCUT2D eigenvalue weighted by atomic mass is 10.0. The Morgan fingerprint density at radius 1 is 1.59 bits per heavy atom. The quantitative estimate of drug-likeness (QED) is 0.602. The topological polar surface area (TPSA) is 100 Å². The molecule has 100 valence electrons. The zero-order valence-electron chi connectivity index (χ0n) is 10.0. The Bertz CT molecular complexity index is 370. The molecule has 0 spiro atoms. The van der Waals surface area contributed by atoms with Crippen molar-refractivity contribution in [2.75, 3.05) is 13.2 Å². The van der Waals surface area contributed by atoms with Crippen molar-refractivity contribution in [3.8, 4) is 0 Å². The maximum atomic E-state index is 11.3. The molecular formula is C9H19N2O5S+. The molecule has 1 aliphatic rings. The van der Waals surface area contributed by atoms with Crippen LogP contribution in [0.5, 0.6) is 0 Å². The number of nitrogens with one attached hydrogen (secondary N) is 1. The summed E-state index contributed by atoms with van der Waals surface area (Å²) >= 11 is 0. The summed E-state index contributed by atoms with van der Waals surface area (Å²) in [4.78, 5) is 11.1. The smallest absolute Gasteiger partial charge is 0.369 e. The molecule has 7 nitrogen and oxygen atoms in total. The zero-order chi connectivity index (χ0) is 13.1. The van der Waals surface area contributed by atoms with Gasteiger partial charge in [0.2, 0.25) is 5.91 Å². The zero-order valence-corrected chi connectivity index (χ0v) is 10.8. The van der Waals surface area contributed by atoms with Crippen LogP contribution in [0.1, 0.15) is 26.7 Å². The Balaban J connectivity index is 2.67. The van der Waals surface area contributed by atoms with Gasteiger partial charge in [-0.25, -0.2) is 4.18 Å². The number of carbonyl (C=O) groups is 1. The third kappa shape index (κ3) is 3.91. The number of hydrogen-bond donors (Lipinski definition) is 2. The molecule has 17 heavy (non-hydrogen) atoms. The van der Waals surface area contributed by atoms with E-state index in [1.165, 1.54) is 0 Å². The van der Waals surface area contributed by atoms with Crippen LogP contribution in [0.15, 0.2) is 0 Å². The Hall–Kier alpha value is -0.700. The van der Waals surface area contributed by atoms with E-state index < -0.39 is 22.2 Å². The number of quaternary nitrogens is 1. The molecule has 0 bridgehead atoms. The minimum Gasteiger partial charge on any atom is -0.369 e. The Morgan fingerprint density at radius 2 is 2.24 bits per heavy atom. The van der Waals surface area contributed by atoms with E-state index in [9.17, 15) is 13.2 Å². The number of hydroxylamine groups is 2. The first kappa shape index (κ1) is 14.4. The number of carbonyl (C=O) groups excluding carboxylic acids is 1. The molecule has 1 saturated heterocycles. The minimum atomic E-state index is -4.00. The molecule has 0 aliphatic carbocycles. The van der Waals surface area contributed by atoms with Gasteiger partial charge in [0.25, 0.3) is 0 Å². The maximum absolute atomic E-state index is 11.3. The second kappa shape index (κ2) is 5.76. The molecule has 0 saturated carbocycles. The van der Waals surface area contributed by atoms with E-state index in [2.05, 4.69) is 4.18 Å². The van der Waals surface area contributed by atoms with Gasteiger partial charge in [-0.2, -0.15) is 13.5 Å². The average molecular weight is 267 g/mol. The predicted octanol–water partition coefficient (Wildman–Crippen LogP) is -1.63. The summed E-state index contributed by atoms with van der Waals surface area (Å²) in [6.07, 6.45) is 1.50. The van der Waals surface area contributed by atoms with Gasteiger partial charge in [0.05, 0.1) is 12.5 Å². The van der Waals surface area contributed by atoms with E-state index >= 15 is 0 Å². The van der Waals surface area contributed by atoms with Crippen molar-refractivity contribution in [2.45, 2.75) is 32.7 Å². The molecule has 3 N–H and O–H groups in total. The largest absolute Gasteiger partial charge is 0.444 e. The molecule has 8 heteroatoms. The van der Waals surface area contributed by atoms with Gasteiger partial charge in [-0.05, 0) is 18.1 Å². The van der Waals surface area contributed by atoms with Crippen molar-refractivity contribution in [1.82, 2.24) is 0 Å². The number of primary amides is 1. The minimum absolute atomic E-state index is 0.0195. The Labute approximate surface area is 101 Å². The summed E-state index contributed by atoms with van der Waals surface area (Å²) < 4.78 is 32.1. The van der Waals surface area contributed by atoms with Gasteiger partial charge in [0.1, 0.15) is 12.6 Å². The summed E-state index contributed by atoms with van der Waals surface area (Å²) in [6, 6.07) is -0.234. The third-order valence-corrected chi connectivity index (χ3v) is 3.82. The summed E-state index contributed by atoms with van der Waals surface area (Å²) in [5.74, 6) is -0.879. The number of hydrogen-bond acceptors (Lipinski definition) is 5. The van der Waals surface area contributed by atoms with Gasteiger partial charge in [-0.3, -0.25) is 4.79 Å². The molecule has 1 aliphatic heterocycles. The Kier molecular flexibility index (Phi) is 4.87. The highest BCUT2D eigenvalue weighted by Crippen LogP contribution is 2.11. The van der Waals surface area contributed by atoms with E-state index in [1.807, 2.05) is 0 Å². The molecule has 1 heterocycles. The Morgan fingerprint density at radius 3 is 2.76 bits per heavy atom. The number of amides is 1. The SMILES string of the molecule is CCOS(=O)(=O)O[NH+]1CCCC1C(C)C(N)=O. The van der Waals surface area contributed by atoms with E-state index in [1.54, 1.807) is 13.8 Å². The van der Waals surface area contributed by atoms with Crippen molar-refractivity contribution >= 4 is 16.3 Å². The molecule has 0 aromatic carbocycles. The van der Waals surface area contributed by atoms with Gasteiger partial charge < -0.3 is 5.73 Å². The molecule has 3 unspecified atom stereocenters. The van der Waals surface area contributed by atoms with E-state index in [0.29, 0.717) is 18.0 Å². The average Bonchev–Trinajstić information content (AvgIpc) is 2.63. The van der Waals surface area contributed by atoms with Crippen LogP contribution in [0.3, 0.4) is 0 Å².